The molecule has 2 heterocycles. The zero-order valence-electron chi connectivity index (χ0n) is 11.7. The summed E-state index contributed by atoms with van der Waals surface area (Å²) in [6, 6.07) is 3.26. The summed E-state index contributed by atoms with van der Waals surface area (Å²) in [4.78, 5) is 6.48. The smallest absolute Gasteiger partial charge is 0.128 e. The van der Waals surface area contributed by atoms with Crippen LogP contribution in [0.15, 0.2) is 24.5 Å². The third-order valence-corrected chi connectivity index (χ3v) is 3.84. The van der Waals surface area contributed by atoms with Gasteiger partial charge in [-0.05, 0) is 31.5 Å². The molecular formula is C15H18FN3O. The second-order valence-corrected chi connectivity index (χ2v) is 5.29. The zero-order valence-corrected chi connectivity index (χ0v) is 11.7. The van der Waals surface area contributed by atoms with Crippen LogP contribution in [-0.2, 0) is 13.1 Å². The van der Waals surface area contributed by atoms with Gasteiger partial charge >= 0.3 is 0 Å². The molecule has 0 fully saturated rings. The molecule has 106 valence electrons. The van der Waals surface area contributed by atoms with Crippen molar-refractivity contribution in [3.8, 4) is 0 Å². The second kappa shape index (κ2) is 4.90. The van der Waals surface area contributed by atoms with Crippen molar-refractivity contribution in [3.05, 3.63) is 47.3 Å². The Bertz CT molecular complexity index is 636. The van der Waals surface area contributed by atoms with E-state index in [1.807, 2.05) is 12.3 Å². The van der Waals surface area contributed by atoms with Gasteiger partial charge in [0, 0.05) is 36.7 Å². The van der Waals surface area contributed by atoms with E-state index in [0.29, 0.717) is 17.7 Å². The monoisotopic (exact) mass is 275 g/mol. The maximum absolute atomic E-state index is 13.7. The van der Waals surface area contributed by atoms with Crippen LogP contribution >= 0.6 is 0 Å². The minimum atomic E-state index is -0.693. The van der Waals surface area contributed by atoms with E-state index in [0.717, 1.165) is 24.6 Å². The number of benzene rings is 1. The predicted octanol–water partition coefficient (Wildman–Crippen LogP) is 2.40. The number of fused-ring (bicyclic) bond motifs is 1. The number of aliphatic hydroxyl groups excluding tert-OH is 1. The van der Waals surface area contributed by atoms with Crippen LogP contribution in [0, 0.1) is 12.7 Å². The Morgan fingerprint density at radius 1 is 1.35 bits per heavy atom. The van der Waals surface area contributed by atoms with E-state index in [2.05, 4.69) is 14.5 Å². The van der Waals surface area contributed by atoms with E-state index in [1.54, 1.807) is 20.0 Å². The third-order valence-electron chi connectivity index (χ3n) is 3.84. The Balaban J connectivity index is 2.00. The summed E-state index contributed by atoms with van der Waals surface area (Å²) in [6.07, 6.45) is 3.07. The summed E-state index contributed by atoms with van der Waals surface area (Å²) in [6.45, 7) is 5.77. The number of aryl methyl sites for hydroxylation is 1. The molecule has 0 amide bonds. The highest BCUT2D eigenvalue weighted by atomic mass is 19.1. The van der Waals surface area contributed by atoms with Gasteiger partial charge in [0.1, 0.15) is 11.6 Å². The molecule has 20 heavy (non-hydrogen) atoms. The van der Waals surface area contributed by atoms with Crippen LogP contribution in [0.1, 0.15) is 30.0 Å². The molecular weight excluding hydrogens is 257 g/mol. The lowest BCUT2D eigenvalue weighted by Gasteiger charge is -2.32. The summed E-state index contributed by atoms with van der Waals surface area (Å²) >= 11 is 0. The molecule has 0 saturated heterocycles. The fourth-order valence-electron chi connectivity index (χ4n) is 2.67. The number of nitrogens with zero attached hydrogens (tertiary/aromatic N) is 3. The van der Waals surface area contributed by atoms with Gasteiger partial charge in [-0.15, -0.1) is 0 Å². The van der Waals surface area contributed by atoms with Crippen LogP contribution in [0.3, 0.4) is 0 Å². The minimum absolute atomic E-state index is 0.275. The molecule has 3 rings (SSSR count). The predicted molar refractivity (Wildman–Crippen MR) is 75.0 cm³/mol. The highest BCUT2D eigenvalue weighted by molar-refractivity contribution is 5.57. The normalized spacial score (nSPS) is 16.1. The van der Waals surface area contributed by atoms with Gasteiger partial charge < -0.3 is 14.6 Å². The lowest BCUT2D eigenvalue weighted by atomic mass is 10.0. The second-order valence-electron chi connectivity index (χ2n) is 5.29. The van der Waals surface area contributed by atoms with Gasteiger partial charge in [-0.3, -0.25) is 0 Å². The Labute approximate surface area is 117 Å². The van der Waals surface area contributed by atoms with E-state index in [9.17, 15) is 9.50 Å². The van der Waals surface area contributed by atoms with E-state index < -0.39 is 6.10 Å². The summed E-state index contributed by atoms with van der Waals surface area (Å²) in [7, 11) is 0. The van der Waals surface area contributed by atoms with Crippen molar-refractivity contribution in [2.45, 2.75) is 33.0 Å². The Morgan fingerprint density at radius 2 is 2.15 bits per heavy atom. The van der Waals surface area contributed by atoms with Crippen molar-refractivity contribution in [1.82, 2.24) is 9.55 Å². The van der Waals surface area contributed by atoms with Crippen molar-refractivity contribution >= 4 is 5.69 Å². The molecule has 5 heteroatoms. The number of aliphatic hydroxyl groups is 1. The molecule has 0 radical (unpaired) electrons. The first-order chi connectivity index (χ1) is 9.56. The minimum Gasteiger partial charge on any atom is -0.389 e. The SMILES string of the molecule is Cc1cc(N2CCn3ccnc3C2)c([C@H](C)O)cc1F. The largest absolute Gasteiger partial charge is 0.389 e. The van der Waals surface area contributed by atoms with Crippen molar-refractivity contribution in [3.63, 3.8) is 0 Å². The molecule has 1 atom stereocenters. The number of imidazole rings is 1. The van der Waals surface area contributed by atoms with Gasteiger partial charge in [-0.1, -0.05) is 0 Å². The topological polar surface area (TPSA) is 41.3 Å². The van der Waals surface area contributed by atoms with Gasteiger partial charge in [0.15, 0.2) is 0 Å². The molecule has 0 unspecified atom stereocenters. The van der Waals surface area contributed by atoms with Gasteiger partial charge in [-0.25, -0.2) is 9.37 Å². The number of aromatic nitrogens is 2. The van der Waals surface area contributed by atoms with Crippen LogP contribution < -0.4 is 4.90 Å². The van der Waals surface area contributed by atoms with E-state index in [1.165, 1.54) is 6.07 Å². The molecule has 2 aromatic rings. The van der Waals surface area contributed by atoms with Crippen LogP contribution in [0.2, 0.25) is 0 Å². The molecule has 1 aromatic heterocycles. The quantitative estimate of drug-likeness (QED) is 0.915. The maximum atomic E-state index is 13.7. The van der Waals surface area contributed by atoms with Gasteiger partial charge in [0.25, 0.3) is 0 Å². The molecule has 1 aliphatic heterocycles. The number of anilines is 1. The van der Waals surface area contributed by atoms with Crippen molar-refractivity contribution < 1.29 is 9.50 Å². The van der Waals surface area contributed by atoms with Crippen LogP contribution in [-0.4, -0.2) is 21.2 Å². The molecule has 0 saturated carbocycles. The summed E-state index contributed by atoms with van der Waals surface area (Å²) < 4.78 is 15.9. The van der Waals surface area contributed by atoms with Gasteiger partial charge in [-0.2, -0.15) is 0 Å². The fourth-order valence-corrected chi connectivity index (χ4v) is 2.67. The number of hydrogen-bond donors (Lipinski definition) is 1. The molecule has 0 bridgehead atoms. The van der Waals surface area contributed by atoms with Crippen LogP contribution in [0.25, 0.3) is 0 Å². The average Bonchev–Trinajstić information content (AvgIpc) is 2.88. The van der Waals surface area contributed by atoms with E-state index in [4.69, 9.17) is 0 Å². The molecule has 1 aliphatic rings. The van der Waals surface area contributed by atoms with Gasteiger partial charge in [0.2, 0.25) is 0 Å². The van der Waals surface area contributed by atoms with Crippen molar-refractivity contribution in [2.75, 3.05) is 11.4 Å². The molecule has 0 aliphatic carbocycles. The molecule has 1 aromatic carbocycles. The third kappa shape index (κ3) is 2.18. The zero-order chi connectivity index (χ0) is 14.3. The van der Waals surface area contributed by atoms with Crippen LogP contribution in [0.4, 0.5) is 10.1 Å². The van der Waals surface area contributed by atoms with Gasteiger partial charge in [0.05, 0.1) is 12.6 Å². The summed E-state index contributed by atoms with van der Waals surface area (Å²) in [5.41, 5.74) is 2.12. The first kappa shape index (κ1) is 13.1. The highest BCUT2D eigenvalue weighted by Gasteiger charge is 2.21. The molecule has 4 nitrogen and oxygen atoms in total. The highest BCUT2D eigenvalue weighted by Crippen LogP contribution is 2.31. The first-order valence-electron chi connectivity index (χ1n) is 6.79. The molecule has 0 spiro atoms. The van der Waals surface area contributed by atoms with Crippen molar-refractivity contribution in [2.24, 2.45) is 0 Å². The lowest BCUT2D eigenvalue weighted by molar-refractivity contribution is 0.199. The summed E-state index contributed by atoms with van der Waals surface area (Å²) in [5, 5.41) is 9.89. The first-order valence-corrected chi connectivity index (χ1v) is 6.79. The number of rotatable bonds is 2. The number of halogens is 1. The Kier molecular flexibility index (Phi) is 3.22. The Morgan fingerprint density at radius 3 is 2.90 bits per heavy atom. The van der Waals surface area contributed by atoms with Crippen LogP contribution in [0.5, 0.6) is 0 Å². The Hall–Kier alpha value is -1.88. The van der Waals surface area contributed by atoms with E-state index >= 15 is 0 Å². The fraction of sp³-hybridized carbons (Fsp3) is 0.400. The average molecular weight is 275 g/mol. The standard InChI is InChI=1S/C15H18FN3O/c1-10-7-14(12(11(2)20)8-13(10)16)19-6-5-18-4-3-17-15(18)9-19/h3-4,7-8,11,20H,5-6,9H2,1-2H3/t11-/m0/s1. The van der Waals surface area contributed by atoms with E-state index in [-0.39, 0.29) is 5.82 Å². The maximum Gasteiger partial charge on any atom is 0.128 e. The molecule has 1 N–H and O–H groups in total. The summed E-state index contributed by atoms with van der Waals surface area (Å²) in [5.74, 6) is 0.720. The van der Waals surface area contributed by atoms with Crippen molar-refractivity contribution in [1.29, 1.82) is 0 Å². The number of hydrogen-bond acceptors (Lipinski definition) is 3. The lowest BCUT2D eigenvalue weighted by Crippen LogP contribution is -2.34.